The molecule has 108 valence electrons. The first kappa shape index (κ1) is 12.7. The van der Waals surface area contributed by atoms with Crippen LogP contribution in [0.5, 0.6) is 0 Å². The van der Waals surface area contributed by atoms with Crippen molar-refractivity contribution in [3.05, 3.63) is 52.1 Å². The SMILES string of the molecule is Cc1cccc2c1nc1c3cc([N+](=O)[O-])ccc3[nH]c1[n+]2C. The summed E-state index contributed by atoms with van der Waals surface area (Å²) in [5, 5.41) is 11.8. The van der Waals surface area contributed by atoms with Gasteiger partial charge in [0.25, 0.3) is 5.69 Å². The Balaban J connectivity index is 2.22. The number of hydrogen-bond acceptors (Lipinski definition) is 3. The summed E-state index contributed by atoms with van der Waals surface area (Å²) in [6.07, 6.45) is 0. The molecule has 0 fully saturated rings. The first-order valence-corrected chi connectivity index (χ1v) is 6.91. The van der Waals surface area contributed by atoms with Crippen LogP contribution >= 0.6 is 0 Å². The van der Waals surface area contributed by atoms with E-state index in [1.54, 1.807) is 12.1 Å². The van der Waals surface area contributed by atoms with E-state index in [4.69, 9.17) is 4.98 Å². The Morgan fingerprint density at radius 1 is 1.23 bits per heavy atom. The smallest absolute Gasteiger partial charge is 0.258 e. The number of benzene rings is 2. The lowest BCUT2D eigenvalue weighted by Crippen LogP contribution is -2.31. The topological polar surface area (TPSA) is 75.7 Å². The monoisotopic (exact) mass is 293 g/mol. The summed E-state index contributed by atoms with van der Waals surface area (Å²) in [4.78, 5) is 18.7. The molecular formula is C16H13N4O2+. The number of fused-ring (bicyclic) bond motifs is 4. The second-order valence-electron chi connectivity index (χ2n) is 5.42. The van der Waals surface area contributed by atoms with Gasteiger partial charge in [-0.1, -0.05) is 12.1 Å². The number of nitrogens with zero attached hydrogens (tertiary/aromatic N) is 3. The van der Waals surface area contributed by atoms with Crippen LogP contribution in [0.25, 0.3) is 33.1 Å². The zero-order chi connectivity index (χ0) is 15.4. The highest BCUT2D eigenvalue weighted by Crippen LogP contribution is 2.27. The van der Waals surface area contributed by atoms with E-state index in [9.17, 15) is 10.1 Å². The van der Waals surface area contributed by atoms with Gasteiger partial charge in [0, 0.05) is 12.1 Å². The fraction of sp³-hybridized carbons (Fsp3) is 0.125. The van der Waals surface area contributed by atoms with E-state index in [-0.39, 0.29) is 10.6 Å². The van der Waals surface area contributed by atoms with Gasteiger partial charge in [0.15, 0.2) is 11.0 Å². The van der Waals surface area contributed by atoms with Crippen molar-refractivity contribution in [3.8, 4) is 0 Å². The number of aryl methyl sites for hydroxylation is 2. The fourth-order valence-electron chi connectivity index (χ4n) is 2.91. The molecule has 1 N–H and O–H groups in total. The molecule has 0 aliphatic heterocycles. The summed E-state index contributed by atoms with van der Waals surface area (Å²) in [6.45, 7) is 2.01. The average molecular weight is 293 g/mol. The van der Waals surface area contributed by atoms with Crippen LogP contribution in [0.4, 0.5) is 5.69 Å². The van der Waals surface area contributed by atoms with E-state index in [2.05, 4.69) is 4.98 Å². The molecule has 0 spiro atoms. The second kappa shape index (κ2) is 4.24. The summed E-state index contributed by atoms with van der Waals surface area (Å²) in [7, 11) is 1.97. The van der Waals surface area contributed by atoms with Crippen LogP contribution in [0, 0.1) is 17.0 Å². The molecule has 6 heteroatoms. The number of nitro groups is 1. The number of H-pyrrole nitrogens is 1. The van der Waals surface area contributed by atoms with Crippen molar-refractivity contribution in [1.82, 2.24) is 9.97 Å². The van der Waals surface area contributed by atoms with Crippen molar-refractivity contribution in [3.63, 3.8) is 0 Å². The lowest BCUT2D eigenvalue weighted by atomic mass is 10.2. The van der Waals surface area contributed by atoms with Crippen LogP contribution in [0.3, 0.4) is 0 Å². The van der Waals surface area contributed by atoms with E-state index < -0.39 is 0 Å². The highest BCUT2D eigenvalue weighted by molar-refractivity contribution is 6.05. The maximum atomic E-state index is 11.0. The Morgan fingerprint density at radius 2 is 2.05 bits per heavy atom. The van der Waals surface area contributed by atoms with Crippen molar-refractivity contribution < 1.29 is 9.49 Å². The normalized spacial score (nSPS) is 11.5. The van der Waals surface area contributed by atoms with Crippen molar-refractivity contribution in [1.29, 1.82) is 0 Å². The molecule has 4 aromatic rings. The molecule has 0 radical (unpaired) electrons. The summed E-state index contributed by atoms with van der Waals surface area (Å²) in [5.41, 5.74) is 5.53. The van der Waals surface area contributed by atoms with Gasteiger partial charge in [-0.2, -0.15) is 0 Å². The van der Waals surface area contributed by atoms with Gasteiger partial charge in [-0.15, -0.1) is 0 Å². The fourth-order valence-corrected chi connectivity index (χ4v) is 2.91. The molecule has 4 rings (SSSR count). The zero-order valence-corrected chi connectivity index (χ0v) is 12.1. The van der Waals surface area contributed by atoms with E-state index in [0.29, 0.717) is 0 Å². The van der Waals surface area contributed by atoms with Gasteiger partial charge in [-0.25, -0.2) is 14.5 Å². The maximum Gasteiger partial charge on any atom is 0.306 e. The number of nitro benzene ring substituents is 1. The first-order chi connectivity index (χ1) is 10.6. The van der Waals surface area contributed by atoms with E-state index in [1.807, 2.05) is 36.7 Å². The number of aromatic nitrogens is 3. The summed E-state index contributed by atoms with van der Waals surface area (Å²) < 4.78 is 2.04. The van der Waals surface area contributed by atoms with Crippen LogP contribution in [-0.4, -0.2) is 14.9 Å². The molecule has 0 saturated heterocycles. The minimum absolute atomic E-state index is 0.0720. The van der Waals surface area contributed by atoms with Gasteiger partial charge in [0.2, 0.25) is 0 Å². The molecule has 2 aromatic carbocycles. The highest BCUT2D eigenvalue weighted by atomic mass is 16.6. The Morgan fingerprint density at radius 3 is 2.82 bits per heavy atom. The molecule has 0 saturated carbocycles. The number of para-hydroxylation sites is 1. The van der Waals surface area contributed by atoms with Crippen LogP contribution < -0.4 is 4.57 Å². The number of non-ortho nitro benzene ring substituents is 1. The first-order valence-electron chi connectivity index (χ1n) is 6.91. The molecule has 6 nitrogen and oxygen atoms in total. The standard InChI is InChI=1S/C16H12N4O2/c1-9-4-3-5-13-14(9)18-15-11-8-10(20(21)22)6-7-12(11)17-16(15)19(13)2/h3-8H,1-2H3/p+1. The minimum Gasteiger partial charge on any atom is -0.258 e. The van der Waals surface area contributed by atoms with Gasteiger partial charge in [0.05, 0.1) is 17.4 Å². The van der Waals surface area contributed by atoms with Gasteiger partial charge in [0.1, 0.15) is 11.0 Å². The number of rotatable bonds is 1. The van der Waals surface area contributed by atoms with Gasteiger partial charge in [-0.05, 0) is 24.6 Å². The molecule has 22 heavy (non-hydrogen) atoms. The summed E-state index contributed by atoms with van der Waals surface area (Å²) >= 11 is 0. The third-order valence-corrected chi connectivity index (χ3v) is 4.08. The third-order valence-electron chi connectivity index (χ3n) is 4.08. The Hall–Kier alpha value is -3.02. The van der Waals surface area contributed by atoms with Crippen LogP contribution in [0.15, 0.2) is 36.4 Å². The van der Waals surface area contributed by atoms with Gasteiger partial charge in [-0.3, -0.25) is 10.1 Å². The molecule has 0 bridgehead atoms. The predicted molar refractivity (Wildman–Crippen MR) is 83.7 cm³/mol. The van der Waals surface area contributed by atoms with Crippen molar-refractivity contribution in [2.24, 2.45) is 7.05 Å². The van der Waals surface area contributed by atoms with Gasteiger partial charge >= 0.3 is 5.65 Å². The lowest BCUT2D eigenvalue weighted by Gasteiger charge is -2.02. The maximum absolute atomic E-state index is 11.0. The molecule has 2 heterocycles. The molecule has 0 unspecified atom stereocenters. The van der Waals surface area contributed by atoms with E-state index in [1.165, 1.54) is 6.07 Å². The van der Waals surface area contributed by atoms with Gasteiger partial charge < -0.3 is 0 Å². The molecule has 2 aromatic heterocycles. The Kier molecular flexibility index (Phi) is 2.45. The molecule has 0 aliphatic rings. The Bertz CT molecular complexity index is 1080. The highest BCUT2D eigenvalue weighted by Gasteiger charge is 2.20. The van der Waals surface area contributed by atoms with Crippen LogP contribution in [-0.2, 0) is 7.05 Å². The number of aromatic amines is 1. The van der Waals surface area contributed by atoms with Crippen LogP contribution in [0.1, 0.15) is 5.56 Å². The van der Waals surface area contributed by atoms with Crippen LogP contribution in [0.2, 0.25) is 0 Å². The number of hydrogen-bond donors (Lipinski definition) is 1. The molecule has 0 amide bonds. The molecule has 0 aliphatic carbocycles. The van der Waals surface area contributed by atoms with Crippen molar-refractivity contribution >= 4 is 38.8 Å². The predicted octanol–water partition coefficient (Wildman–Crippen LogP) is 2.91. The Labute approximate surface area is 125 Å². The lowest BCUT2D eigenvalue weighted by molar-refractivity contribution is -0.619. The van der Waals surface area contributed by atoms with E-state index >= 15 is 0 Å². The average Bonchev–Trinajstić information content (AvgIpc) is 2.87. The van der Waals surface area contributed by atoms with E-state index in [0.717, 1.165) is 38.7 Å². The molecule has 0 atom stereocenters. The summed E-state index contributed by atoms with van der Waals surface area (Å²) in [6, 6.07) is 10.8. The zero-order valence-electron chi connectivity index (χ0n) is 12.1. The number of nitrogens with one attached hydrogen (secondary N) is 1. The third kappa shape index (κ3) is 1.60. The summed E-state index contributed by atoms with van der Waals surface area (Å²) in [5.74, 6) is 0. The molecular weight excluding hydrogens is 280 g/mol. The van der Waals surface area contributed by atoms with Crippen molar-refractivity contribution in [2.45, 2.75) is 6.92 Å². The van der Waals surface area contributed by atoms with Crippen molar-refractivity contribution in [2.75, 3.05) is 0 Å². The largest absolute Gasteiger partial charge is 0.306 e. The second-order valence-corrected chi connectivity index (χ2v) is 5.42. The quantitative estimate of drug-likeness (QED) is 0.333. The minimum atomic E-state index is -0.384.